The number of halogens is 2. The third-order valence-corrected chi connectivity index (χ3v) is 7.12. The van der Waals surface area contributed by atoms with Gasteiger partial charge in [0.2, 0.25) is 12.6 Å². The molecule has 4 aromatic rings. The van der Waals surface area contributed by atoms with Gasteiger partial charge in [-0.1, -0.05) is 32.1 Å². The van der Waals surface area contributed by atoms with E-state index >= 15 is 0 Å². The fourth-order valence-corrected chi connectivity index (χ4v) is 4.59. The van der Waals surface area contributed by atoms with Gasteiger partial charge in [0.1, 0.15) is 28.7 Å². The van der Waals surface area contributed by atoms with Gasteiger partial charge in [0.15, 0.2) is 6.79 Å². The summed E-state index contributed by atoms with van der Waals surface area (Å²) >= 11 is 0. The number of esters is 2. The second-order valence-electron chi connectivity index (χ2n) is 10.7. The van der Waals surface area contributed by atoms with Crippen molar-refractivity contribution in [3.05, 3.63) is 115 Å². The molecule has 0 aliphatic rings. The van der Waals surface area contributed by atoms with Crippen LogP contribution in [0.1, 0.15) is 48.5 Å². The standard InChI is InChI=1S/C38H38F2O9/c1-4-28-22-35(49-38(42)31-10-9-30-23-34(12-11-29(30)21-31)48-37(41)26(2)39)17-18-36(28)47-25-46-33-15-13-32(14-16-33)44-20-8-6-5-7-19-43-24-45-27(3)40/h9-18,21-23H,2-8,19-20,24-25H2,1H3. The summed E-state index contributed by atoms with van der Waals surface area (Å²) in [6, 6.07) is 21.2. The maximum atomic E-state index is 13.0. The number of benzene rings is 4. The van der Waals surface area contributed by atoms with Crippen molar-refractivity contribution in [2.75, 3.05) is 26.8 Å². The number of unbranched alkanes of at least 4 members (excludes halogenated alkanes) is 3. The second-order valence-corrected chi connectivity index (χ2v) is 10.7. The number of hydrogen-bond acceptors (Lipinski definition) is 9. The summed E-state index contributed by atoms with van der Waals surface area (Å²) in [5.74, 6) is -0.425. The number of carbonyl (C=O) groups is 2. The van der Waals surface area contributed by atoms with E-state index in [9.17, 15) is 18.4 Å². The van der Waals surface area contributed by atoms with Gasteiger partial charge in [-0.25, -0.2) is 9.59 Å². The predicted octanol–water partition coefficient (Wildman–Crippen LogP) is 8.80. The van der Waals surface area contributed by atoms with Crippen LogP contribution in [0.25, 0.3) is 10.8 Å². The van der Waals surface area contributed by atoms with Crippen LogP contribution in [-0.2, 0) is 20.7 Å². The lowest BCUT2D eigenvalue weighted by Gasteiger charge is -2.14. The molecular formula is C38H38F2O9. The molecule has 0 aliphatic carbocycles. The minimum Gasteiger partial charge on any atom is -0.494 e. The second kappa shape index (κ2) is 18.8. The summed E-state index contributed by atoms with van der Waals surface area (Å²) in [7, 11) is 0. The average molecular weight is 677 g/mol. The van der Waals surface area contributed by atoms with Crippen LogP contribution in [-0.4, -0.2) is 38.7 Å². The number of aryl methyl sites for hydroxylation is 1. The number of hydrogen-bond donors (Lipinski definition) is 0. The molecule has 0 radical (unpaired) electrons. The van der Waals surface area contributed by atoms with E-state index in [-0.39, 0.29) is 19.3 Å². The zero-order chi connectivity index (χ0) is 35.0. The van der Waals surface area contributed by atoms with Crippen molar-refractivity contribution < 1.29 is 51.5 Å². The monoisotopic (exact) mass is 676 g/mol. The first-order chi connectivity index (χ1) is 23.7. The highest BCUT2D eigenvalue weighted by Gasteiger charge is 2.14. The first-order valence-corrected chi connectivity index (χ1v) is 15.7. The van der Waals surface area contributed by atoms with E-state index in [1.807, 2.05) is 19.1 Å². The third-order valence-electron chi connectivity index (χ3n) is 7.12. The molecule has 9 nitrogen and oxygen atoms in total. The minimum absolute atomic E-state index is 0.0226. The maximum Gasteiger partial charge on any atom is 0.371 e. The summed E-state index contributed by atoms with van der Waals surface area (Å²) in [5.41, 5.74) is 1.16. The molecule has 0 unspecified atom stereocenters. The van der Waals surface area contributed by atoms with Gasteiger partial charge < -0.3 is 33.2 Å². The van der Waals surface area contributed by atoms with Gasteiger partial charge in [0.05, 0.1) is 18.8 Å². The van der Waals surface area contributed by atoms with Gasteiger partial charge in [-0.2, -0.15) is 8.78 Å². The Morgan fingerprint density at radius 2 is 1.29 bits per heavy atom. The van der Waals surface area contributed by atoms with Crippen molar-refractivity contribution >= 4 is 22.7 Å². The van der Waals surface area contributed by atoms with Gasteiger partial charge in [0, 0.05) is 0 Å². The van der Waals surface area contributed by atoms with Crippen LogP contribution < -0.4 is 23.7 Å². The molecule has 0 amide bonds. The lowest BCUT2D eigenvalue weighted by Crippen LogP contribution is -2.10. The van der Waals surface area contributed by atoms with Crippen LogP contribution >= 0.6 is 0 Å². The molecule has 4 rings (SSSR count). The summed E-state index contributed by atoms with van der Waals surface area (Å²) in [6.07, 6.45) is 4.34. The van der Waals surface area contributed by atoms with Gasteiger partial charge in [0.25, 0.3) is 6.01 Å². The molecule has 0 bridgehead atoms. The fraction of sp³-hybridized carbons (Fsp3) is 0.263. The van der Waals surface area contributed by atoms with Gasteiger partial charge in [-0.3, -0.25) is 0 Å². The summed E-state index contributed by atoms with van der Waals surface area (Å²) in [5, 5.41) is 1.39. The summed E-state index contributed by atoms with van der Waals surface area (Å²) < 4.78 is 62.8. The molecule has 49 heavy (non-hydrogen) atoms. The van der Waals surface area contributed by atoms with Crippen molar-refractivity contribution in [3.63, 3.8) is 0 Å². The number of ether oxygens (including phenoxy) is 7. The van der Waals surface area contributed by atoms with E-state index in [1.165, 1.54) is 6.07 Å². The Bertz CT molecular complexity index is 1740. The number of carbonyl (C=O) groups excluding carboxylic acids is 2. The SMILES string of the molecule is C=C(F)OCOCCCCCCOc1ccc(OCOc2ccc(OC(=O)c3ccc4cc(OC(=O)C(=C)F)ccc4c3)cc2CC)cc1. The van der Waals surface area contributed by atoms with Crippen molar-refractivity contribution in [2.45, 2.75) is 39.0 Å². The topological polar surface area (TPSA) is 98.8 Å². The third kappa shape index (κ3) is 12.0. The summed E-state index contributed by atoms with van der Waals surface area (Å²) in [6.45, 7) is 8.82. The predicted molar refractivity (Wildman–Crippen MR) is 179 cm³/mol. The van der Waals surface area contributed by atoms with E-state index in [1.54, 1.807) is 60.7 Å². The molecular weight excluding hydrogens is 638 g/mol. The van der Waals surface area contributed by atoms with Crippen LogP contribution in [0.3, 0.4) is 0 Å². The Labute approximate surface area is 283 Å². The van der Waals surface area contributed by atoms with Crippen LogP contribution in [0.5, 0.6) is 28.7 Å². The smallest absolute Gasteiger partial charge is 0.371 e. The summed E-state index contributed by atoms with van der Waals surface area (Å²) in [4.78, 5) is 24.4. The Balaban J connectivity index is 1.19. The van der Waals surface area contributed by atoms with Gasteiger partial charge in [-0.05, 0) is 115 Å². The fourth-order valence-electron chi connectivity index (χ4n) is 4.59. The van der Waals surface area contributed by atoms with E-state index in [0.717, 1.165) is 37.0 Å². The zero-order valence-electron chi connectivity index (χ0n) is 27.2. The Morgan fingerprint density at radius 3 is 2.00 bits per heavy atom. The Morgan fingerprint density at radius 1 is 0.653 bits per heavy atom. The van der Waals surface area contributed by atoms with E-state index in [0.29, 0.717) is 53.2 Å². The molecule has 0 atom stereocenters. The van der Waals surface area contributed by atoms with Crippen LogP contribution in [0.4, 0.5) is 8.78 Å². The molecule has 258 valence electrons. The highest BCUT2D eigenvalue weighted by molar-refractivity contribution is 5.97. The average Bonchev–Trinajstić information content (AvgIpc) is 3.09. The molecule has 0 heterocycles. The lowest BCUT2D eigenvalue weighted by molar-refractivity contribution is -0.131. The molecule has 0 fully saturated rings. The van der Waals surface area contributed by atoms with E-state index in [2.05, 4.69) is 17.9 Å². The van der Waals surface area contributed by atoms with Gasteiger partial charge in [-0.15, -0.1) is 0 Å². The quantitative estimate of drug-likeness (QED) is 0.0227. The molecule has 0 aliphatic heterocycles. The number of rotatable bonds is 20. The molecule has 4 aromatic carbocycles. The minimum atomic E-state index is -1.19. The molecule has 0 spiro atoms. The zero-order valence-corrected chi connectivity index (χ0v) is 27.2. The molecule has 0 saturated heterocycles. The van der Waals surface area contributed by atoms with E-state index < -0.39 is 23.8 Å². The van der Waals surface area contributed by atoms with Crippen molar-refractivity contribution in [1.29, 1.82) is 0 Å². The lowest BCUT2D eigenvalue weighted by atomic mass is 10.1. The van der Waals surface area contributed by atoms with Crippen LogP contribution in [0.15, 0.2) is 104 Å². The molecule has 0 N–H and O–H groups in total. The largest absolute Gasteiger partial charge is 0.494 e. The Kier molecular flexibility index (Phi) is 14.0. The first kappa shape index (κ1) is 36.4. The molecule has 0 saturated carbocycles. The van der Waals surface area contributed by atoms with Crippen LogP contribution in [0.2, 0.25) is 0 Å². The van der Waals surface area contributed by atoms with Crippen molar-refractivity contribution in [2.24, 2.45) is 0 Å². The molecule has 11 heteroatoms. The van der Waals surface area contributed by atoms with Crippen LogP contribution in [0, 0.1) is 0 Å². The first-order valence-electron chi connectivity index (χ1n) is 15.7. The van der Waals surface area contributed by atoms with Crippen molar-refractivity contribution in [1.82, 2.24) is 0 Å². The molecule has 0 aromatic heterocycles. The normalized spacial score (nSPS) is 10.7. The van der Waals surface area contributed by atoms with Gasteiger partial charge >= 0.3 is 11.9 Å². The number of fused-ring (bicyclic) bond motifs is 1. The van der Waals surface area contributed by atoms with Crippen molar-refractivity contribution in [3.8, 4) is 28.7 Å². The Hall–Kier alpha value is -5.42. The highest BCUT2D eigenvalue weighted by Crippen LogP contribution is 2.27. The maximum absolute atomic E-state index is 13.0. The highest BCUT2D eigenvalue weighted by atomic mass is 19.1. The van der Waals surface area contributed by atoms with E-state index in [4.69, 9.17) is 28.4 Å².